The van der Waals surface area contributed by atoms with Crippen molar-refractivity contribution in [3.63, 3.8) is 0 Å². The van der Waals surface area contributed by atoms with E-state index in [1.807, 2.05) is 62.9 Å². The number of halogens is 3. The number of likely N-dealkylation sites (N-methyl/N-ethyl adjacent to an activating group) is 1. The van der Waals surface area contributed by atoms with E-state index in [9.17, 15) is 23.1 Å². The van der Waals surface area contributed by atoms with Crippen LogP contribution < -0.4 is 10.1 Å². The lowest BCUT2D eigenvalue weighted by Crippen LogP contribution is -2.49. The fourth-order valence-electron chi connectivity index (χ4n) is 4.22. The Morgan fingerprint density at radius 3 is 2.59 bits per heavy atom. The van der Waals surface area contributed by atoms with Gasteiger partial charge in [0.05, 0.1) is 38.9 Å². The summed E-state index contributed by atoms with van der Waals surface area (Å²) in [5, 5.41) is 13.1. The minimum absolute atomic E-state index is 0.336. The van der Waals surface area contributed by atoms with Gasteiger partial charge in [-0.25, -0.2) is 4.99 Å². The summed E-state index contributed by atoms with van der Waals surface area (Å²) < 4.78 is 52.0. The zero-order valence-electron chi connectivity index (χ0n) is 26.8. The number of allylic oxidation sites excluding steroid dienone is 6. The molecule has 11 heteroatoms. The highest BCUT2D eigenvalue weighted by molar-refractivity contribution is 5.83. The lowest BCUT2D eigenvalue weighted by molar-refractivity contribution is -0.160. The van der Waals surface area contributed by atoms with Gasteiger partial charge in [-0.3, -0.25) is 4.79 Å². The number of benzene rings is 1. The van der Waals surface area contributed by atoms with Gasteiger partial charge in [-0.1, -0.05) is 44.2 Å². The van der Waals surface area contributed by atoms with Crippen molar-refractivity contribution in [1.82, 2.24) is 9.80 Å². The predicted octanol–water partition coefficient (Wildman–Crippen LogP) is 7.62. The summed E-state index contributed by atoms with van der Waals surface area (Å²) in [5.41, 5.74) is 2.32. The van der Waals surface area contributed by atoms with Crippen LogP contribution in [0.2, 0.25) is 0 Å². The zero-order valence-corrected chi connectivity index (χ0v) is 26.8. The van der Waals surface area contributed by atoms with Gasteiger partial charge in [0.2, 0.25) is 5.96 Å². The normalized spacial score (nSPS) is 19.5. The van der Waals surface area contributed by atoms with Crippen LogP contribution in [0.3, 0.4) is 0 Å². The molecule has 2 N–H and O–H groups in total. The minimum atomic E-state index is -4.53. The Labute approximate surface area is 259 Å². The highest BCUT2D eigenvalue weighted by atomic mass is 19.4. The Balaban J connectivity index is 0.00000474. The SMILES string of the molecule is CC.CCN(CCNc1cccc(OC)c1)C1=N/C=C(C)/C=C\C=C(/C)[C@H](CC(=O)O)N1/C=C/C(C/C=C/OC)C(F)(F)F. The van der Waals surface area contributed by atoms with E-state index in [1.54, 1.807) is 32.4 Å². The first-order valence-corrected chi connectivity index (χ1v) is 14.6. The van der Waals surface area contributed by atoms with E-state index in [1.165, 1.54) is 30.5 Å². The number of aliphatic carboxylic acids is 1. The summed E-state index contributed by atoms with van der Waals surface area (Å²) >= 11 is 0. The van der Waals surface area contributed by atoms with E-state index < -0.39 is 24.1 Å². The highest BCUT2D eigenvalue weighted by Gasteiger charge is 2.37. The molecule has 1 aliphatic rings. The summed E-state index contributed by atoms with van der Waals surface area (Å²) in [6, 6.07) is 6.67. The molecule has 1 aromatic carbocycles. The number of rotatable bonds is 13. The summed E-state index contributed by atoms with van der Waals surface area (Å²) in [6.07, 6.45) is 6.69. The quantitative estimate of drug-likeness (QED) is 0.220. The minimum Gasteiger partial charge on any atom is -0.505 e. The van der Waals surface area contributed by atoms with Crippen molar-refractivity contribution in [2.24, 2.45) is 10.9 Å². The molecular formula is C33H47F3N4O4. The fourth-order valence-corrected chi connectivity index (χ4v) is 4.22. The number of anilines is 1. The lowest BCUT2D eigenvalue weighted by atomic mass is 10.0. The number of carbonyl (C=O) groups is 1. The van der Waals surface area contributed by atoms with Gasteiger partial charge < -0.3 is 29.7 Å². The Morgan fingerprint density at radius 2 is 1.98 bits per heavy atom. The molecule has 0 aliphatic carbocycles. The van der Waals surface area contributed by atoms with Crippen LogP contribution in [-0.4, -0.2) is 72.9 Å². The summed E-state index contributed by atoms with van der Waals surface area (Å²) in [4.78, 5) is 20.1. The molecule has 0 bridgehead atoms. The molecule has 1 unspecified atom stereocenters. The first-order valence-electron chi connectivity index (χ1n) is 14.6. The number of ether oxygens (including phenoxy) is 2. The third-order valence-corrected chi connectivity index (χ3v) is 6.53. The van der Waals surface area contributed by atoms with Crippen LogP contribution in [0.5, 0.6) is 5.75 Å². The van der Waals surface area contributed by atoms with Gasteiger partial charge >= 0.3 is 12.1 Å². The van der Waals surface area contributed by atoms with E-state index in [0.717, 1.165) is 17.3 Å². The van der Waals surface area contributed by atoms with Crippen LogP contribution >= 0.6 is 0 Å². The van der Waals surface area contributed by atoms with Crippen molar-refractivity contribution in [2.75, 3.05) is 39.2 Å². The second kappa shape index (κ2) is 19.9. The number of hydrogen-bond acceptors (Lipinski definition) is 7. The van der Waals surface area contributed by atoms with Gasteiger partial charge in [-0.2, -0.15) is 13.2 Å². The van der Waals surface area contributed by atoms with E-state index in [0.29, 0.717) is 36.9 Å². The number of nitrogens with zero attached hydrogens (tertiary/aromatic N) is 3. The Morgan fingerprint density at radius 1 is 1.25 bits per heavy atom. The fraction of sp³-hybridized carbons (Fsp3) is 0.455. The van der Waals surface area contributed by atoms with Crippen LogP contribution in [-0.2, 0) is 9.53 Å². The number of alkyl halides is 3. The molecule has 8 nitrogen and oxygen atoms in total. The molecule has 0 saturated heterocycles. The van der Waals surface area contributed by atoms with E-state index >= 15 is 0 Å². The maximum Gasteiger partial charge on any atom is 0.395 e. The molecule has 0 amide bonds. The van der Waals surface area contributed by atoms with Gasteiger partial charge in [0.15, 0.2) is 0 Å². The number of methoxy groups -OCH3 is 2. The first kappa shape index (κ1) is 37.9. The highest BCUT2D eigenvalue weighted by Crippen LogP contribution is 2.31. The molecule has 0 saturated carbocycles. The number of nitrogens with one attached hydrogen (secondary N) is 1. The van der Waals surface area contributed by atoms with Gasteiger partial charge in [0.25, 0.3) is 0 Å². The van der Waals surface area contributed by atoms with Crippen molar-refractivity contribution >= 4 is 17.6 Å². The summed E-state index contributed by atoms with van der Waals surface area (Å²) in [7, 11) is 2.95. The average molecular weight is 621 g/mol. The topological polar surface area (TPSA) is 86.6 Å². The molecule has 0 fully saturated rings. The van der Waals surface area contributed by atoms with E-state index in [4.69, 9.17) is 14.5 Å². The van der Waals surface area contributed by atoms with Crippen LogP contribution in [0.15, 0.2) is 89.4 Å². The molecule has 0 aromatic heterocycles. The summed E-state index contributed by atoms with van der Waals surface area (Å²) in [6.45, 7) is 10.9. The average Bonchev–Trinajstić information content (AvgIpc) is 2.99. The third-order valence-electron chi connectivity index (χ3n) is 6.53. The second-order valence-electron chi connectivity index (χ2n) is 9.66. The largest absolute Gasteiger partial charge is 0.505 e. The molecule has 2 atom stereocenters. The standard InChI is InChI=1S/C31H41F3N4O4.C2H6/c1-6-37(18-16-35-26-13-8-14-27(20-26)42-5)30-36-22-23(2)10-7-11-24(3)28(21-29(39)40)38(30)17-15-25(31(32,33)34)12-9-19-41-4;1-2/h7-11,13-15,17,19-20,22,25,28,35H,6,12,16,18,21H2,1-5H3,(H,39,40);1-2H3/b10-7-,17-15+,19-9+,23-22+,24-11+,36-30?;/t25?,28-;/m0./s1. The number of guanidine groups is 1. The monoisotopic (exact) mass is 620 g/mol. The van der Waals surface area contributed by atoms with E-state index in [2.05, 4.69) is 5.32 Å². The van der Waals surface area contributed by atoms with Crippen LogP contribution in [0, 0.1) is 5.92 Å². The molecule has 0 spiro atoms. The Bertz CT molecular complexity index is 1210. The first-order chi connectivity index (χ1) is 21.0. The van der Waals surface area contributed by atoms with Gasteiger partial charge in [-0.05, 0) is 56.5 Å². The molecule has 1 heterocycles. The molecule has 2 rings (SSSR count). The van der Waals surface area contributed by atoms with Crippen molar-refractivity contribution in [3.05, 3.63) is 84.5 Å². The maximum atomic E-state index is 14.0. The lowest BCUT2D eigenvalue weighted by Gasteiger charge is -2.37. The number of aliphatic imine (C=N–C) groups is 1. The third kappa shape index (κ3) is 13.0. The number of hydrogen-bond donors (Lipinski definition) is 2. The molecular weight excluding hydrogens is 573 g/mol. The molecule has 244 valence electrons. The van der Waals surface area contributed by atoms with Gasteiger partial charge in [0, 0.05) is 43.8 Å². The van der Waals surface area contributed by atoms with Crippen LogP contribution in [0.4, 0.5) is 18.9 Å². The smallest absolute Gasteiger partial charge is 0.395 e. The summed E-state index contributed by atoms with van der Waals surface area (Å²) in [5.74, 6) is -1.87. The molecule has 1 aliphatic heterocycles. The van der Waals surface area contributed by atoms with Crippen molar-refractivity contribution in [1.29, 1.82) is 0 Å². The molecule has 1 aromatic rings. The zero-order chi connectivity index (χ0) is 33.1. The second-order valence-corrected chi connectivity index (χ2v) is 9.66. The van der Waals surface area contributed by atoms with Crippen molar-refractivity contribution in [3.8, 4) is 5.75 Å². The Hall–Kier alpha value is -4.15. The number of carboxylic acids is 1. The van der Waals surface area contributed by atoms with Gasteiger partial charge in [-0.15, -0.1) is 0 Å². The molecule has 0 radical (unpaired) electrons. The van der Waals surface area contributed by atoms with E-state index in [-0.39, 0.29) is 12.8 Å². The maximum absolute atomic E-state index is 14.0. The van der Waals surface area contributed by atoms with Gasteiger partial charge in [0.1, 0.15) is 5.75 Å². The number of carboxylic acid groups (broad SMARTS) is 1. The van der Waals surface area contributed by atoms with Crippen molar-refractivity contribution < 1.29 is 32.5 Å². The Kier molecular flexibility index (Phi) is 17.2. The predicted molar refractivity (Wildman–Crippen MR) is 171 cm³/mol. The van der Waals surface area contributed by atoms with Crippen LogP contribution in [0.1, 0.15) is 47.5 Å². The van der Waals surface area contributed by atoms with Crippen molar-refractivity contribution in [2.45, 2.75) is 59.7 Å². The van der Waals surface area contributed by atoms with Crippen LogP contribution in [0.25, 0.3) is 0 Å². The molecule has 44 heavy (non-hydrogen) atoms.